The Balaban J connectivity index is 3.50. The van der Waals surface area contributed by atoms with Crippen LogP contribution in [0.3, 0.4) is 0 Å². The fourth-order valence-corrected chi connectivity index (χ4v) is 4.19. The Kier molecular flexibility index (Phi) is 5.12. The molecule has 0 N–H and O–H groups in total. The number of halogens is 1. The highest BCUT2D eigenvalue weighted by molar-refractivity contribution is 6.32. The molecule has 2 atom stereocenters. The monoisotopic (exact) mass is 268 g/mol. The highest BCUT2D eigenvalue weighted by Crippen LogP contribution is 2.47. The zero-order valence-electron chi connectivity index (χ0n) is 13.3. The molecule has 0 amide bonds. The minimum Gasteiger partial charge on any atom is -0.0841 e. The van der Waals surface area contributed by atoms with Gasteiger partial charge in [-0.05, 0) is 40.7 Å². The van der Waals surface area contributed by atoms with Gasteiger partial charge in [0.25, 0.3) is 0 Å². The molecule has 0 radical (unpaired) electrons. The summed E-state index contributed by atoms with van der Waals surface area (Å²) < 4.78 is 0. The number of allylic oxidation sites excluding steroid dienone is 4. The van der Waals surface area contributed by atoms with Crippen LogP contribution in [-0.2, 0) is 0 Å². The molecular formula is C17H29Cl. The average molecular weight is 269 g/mol. The zero-order valence-corrected chi connectivity index (χ0v) is 14.0. The quantitative estimate of drug-likeness (QED) is 0.586. The lowest BCUT2D eigenvalue weighted by Gasteiger charge is -2.38. The number of rotatable bonds is 3. The largest absolute Gasteiger partial charge is 0.0841 e. The van der Waals surface area contributed by atoms with Crippen molar-refractivity contribution in [3.05, 3.63) is 21.8 Å². The molecule has 0 heterocycles. The van der Waals surface area contributed by atoms with Crippen LogP contribution in [0.15, 0.2) is 21.8 Å². The van der Waals surface area contributed by atoms with E-state index in [-0.39, 0.29) is 0 Å². The molecule has 18 heavy (non-hydrogen) atoms. The van der Waals surface area contributed by atoms with Crippen molar-refractivity contribution in [3.8, 4) is 0 Å². The molecule has 0 spiro atoms. The highest BCUT2D eigenvalue weighted by atomic mass is 35.5. The summed E-state index contributed by atoms with van der Waals surface area (Å²) in [6.07, 6.45) is 0. The van der Waals surface area contributed by atoms with Crippen molar-refractivity contribution in [3.63, 3.8) is 0 Å². The third kappa shape index (κ3) is 2.69. The first-order chi connectivity index (χ1) is 8.20. The summed E-state index contributed by atoms with van der Waals surface area (Å²) >= 11 is 6.76. The zero-order chi connectivity index (χ0) is 14.2. The van der Waals surface area contributed by atoms with Crippen LogP contribution >= 0.6 is 11.6 Å². The van der Waals surface area contributed by atoms with Crippen molar-refractivity contribution in [2.24, 2.45) is 29.6 Å². The molecule has 2 unspecified atom stereocenters. The third-order valence-electron chi connectivity index (χ3n) is 4.35. The molecule has 1 aliphatic rings. The molecule has 1 rings (SSSR count). The van der Waals surface area contributed by atoms with Crippen molar-refractivity contribution in [1.29, 1.82) is 0 Å². The highest BCUT2D eigenvalue weighted by Gasteiger charge is 2.34. The smallest absolute Gasteiger partial charge is 0.0437 e. The van der Waals surface area contributed by atoms with Crippen molar-refractivity contribution in [2.45, 2.75) is 55.4 Å². The SMILES string of the molecule is CC(C)C1=C(C(C)C)C(C)C(C)C(C(C)C)=C1Cl. The Morgan fingerprint density at radius 1 is 0.722 bits per heavy atom. The fraction of sp³-hybridized carbons (Fsp3) is 0.765. The summed E-state index contributed by atoms with van der Waals surface area (Å²) in [5.41, 5.74) is 4.45. The minimum atomic E-state index is 0.513. The first-order valence-corrected chi connectivity index (χ1v) is 7.71. The van der Waals surface area contributed by atoms with Gasteiger partial charge in [0.05, 0.1) is 0 Å². The maximum Gasteiger partial charge on any atom is 0.0437 e. The van der Waals surface area contributed by atoms with E-state index < -0.39 is 0 Å². The Morgan fingerprint density at radius 2 is 1.11 bits per heavy atom. The first kappa shape index (κ1) is 15.8. The summed E-state index contributed by atoms with van der Waals surface area (Å²) in [6.45, 7) is 18.4. The van der Waals surface area contributed by atoms with E-state index in [1.807, 2.05) is 0 Å². The van der Waals surface area contributed by atoms with Gasteiger partial charge in [-0.25, -0.2) is 0 Å². The van der Waals surface area contributed by atoms with E-state index in [2.05, 4.69) is 55.4 Å². The van der Waals surface area contributed by atoms with Gasteiger partial charge in [0.15, 0.2) is 0 Å². The van der Waals surface area contributed by atoms with E-state index in [0.717, 1.165) is 5.03 Å². The maximum absolute atomic E-state index is 6.76. The van der Waals surface area contributed by atoms with Crippen molar-refractivity contribution >= 4 is 11.6 Å². The Labute approximate surface area is 118 Å². The van der Waals surface area contributed by atoms with Gasteiger partial charge in [-0.3, -0.25) is 0 Å². The van der Waals surface area contributed by atoms with E-state index in [0.29, 0.717) is 29.6 Å². The van der Waals surface area contributed by atoms with E-state index in [1.54, 1.807) is 5.57 Å². The van der Waals surface area contributed by atoms with Crippen molar-refractivity contribution in [2.75, 3.05) is 0 Å². The molecule has 0 aromatic heterocycles. The molecule has 0 saturated heterocycles. The van der Waals surface area contributed by atoms with Crippen molar-refractivity contribution in [1.82, 2.24) is 0 Å². The Hall–Kier alpha value is -0.230. The molecule has 0 aliphatic heterocycles. The summed E-state index contributed by atoms with van der Waals surface area (Å²) in [7, 11) is 0. The molecule has 1 aliphatic carbocycles. The van der Waals surface area contributed by atoms with Gasteiger partial charge in [0.2, 0.25) is 0 Å². The lowest BCUT2D eigenvalue weighted by atomic mass is 9.68. The molecule has 0 saturated carbocycles. The number of hydrogen-bond donors (Lipinski definition) is 0. The Morgan fingerprint density at radius 3 is 1.44 bits per heavy atom. The van der Waals surface area contributed by atoms with Gasteiger partial charge in [-0.15, -0.1) is 0 Å². The average Bonchev–Trinajstić information content (AvgIpc) is 2.21. The van der Waals surface area contributed by atoms with Crippen LogP contribution in [-0.4, -0.2) is 0 Å². The molecule has 1 heteroatoms. The molecule has 0 fully saturated rings. The van der Waals surface area contributed by atoms with Gasteiger partial charge in [0.1, 0.15) is 0 Å². The fourth-order valence-electron chi connectivity index (χ4n) is 3.47. The lowest BCUT2D eigenvalue weighted by Crippen LogP contribution is -2.27. The summed E-state index contributed by atoms with van der Waals surface area (Å²) in [4.78, 5) is 0. The third-order valence-corrected chi connectivity index (χ3v) is 4.78. The molecule has 0 aromatic carbocycles. The van der Waals surface area contributed by atoms with Crippen LogP contribution < -0.4 is 0 Å². The van der Waals surface area contributed by atoms with Crippen LogP contribution in [0.2, 0.25) is 0 Å². The van der Waals surface area contributed by atoms with Crippen molar-refractivity contribution < 1.29 is 0 Å². The standard InChI is InChI=1S/C17H29Cl/c1-9(2)14-12(7)13(8)15(10(3)4)17(18)16(14)11(5)6/h9-13H,1-8H3. The summed E-state index contributed by atoms with van der Waals surface area (Å²) in [5, 5.41) is 1.06. The van der Waals surface area contributed by atoms with Crippen LogP contribution in [0.1, 0.15) is 55.4 Å². The molecule has 0 nitrogen and oxygen atoms in total. The predicted octanol–water partition coefficient (Wildman–Crippen LogP) is 6.03. The van der Waals surface area contributed by atoms with Crippen LogP contribution in [0.5, 0.6) is 0 Å². The molecule has 0 aromatic rings. The van der Waals surface area contributed by atoms with Gasteiger partial charge < -0.3 is 0 Å². The van der Waals surface area contributed by atoms with Crippen LogP contribution in [0.4, 0.5) is 0 Å². The second-order valence-electron chi connectivity index (χ2n) is 6.68. The topological polar surface area (TPSA) is 0 Å². The Bertz CT molecular complexity index is 369. The summed E-state index contributed by atoms with van der Waals surface area (Å²) in [6, 6.07) is 0. The second kappa shape index (κ2) is 5.82. The van der Waals surface area contributed by atoms with Crippen LogP contribution in [0.25, 0.3) is 0 Å². The van der Waals surface area contributed by atoms with Gasteiger partial charge in [0, 0.05) is 5.03 Å². The van der Waals surface area contributed by atoms with Gasteiger partial charge >= 0.3 is 0 Å². The van der Waals surface area contributed by atoms with Gasteiger partial charge in [-0.2, -0.15) is 0 Å². The van der Waals surface area contributed by atoms with Gasteiger partial charge in [-0.1, -0.05) is 72.6 Å². The molecular weight excluding hydrogens is 240 g/mol. The maximum atomic E-state index is 6.76. The summed E-state index contributed by atoms with van der Waals surface area (Å²) in [5.74, 6) is 2.82. The second-order valence-corrected chi connectivity index (χ2v) is 7.06. The first-order valence-electron chi connectivity index (χ1n) is 7.33. The van der Waals surface area contributed by atoms with E-state index in [9.17, 15) is 0 Å². The molecule has 0 bridgehead atoms. The predicted molar refractivity (Wildman–Crippen MR) is 82.7 cm³/mol. The normalized spacial score (nSPS) is 26.0. The van der Waals surface area contributed by atoms with Crippen LogP contribution in [0, 0.1) is 29.6 Å². The lowest BCUT2D eigenvalue weighted by molar-refractivity contribution is 0.411. The van der Waals surface area contributed by atoms with E-state index in [1.165, 1.54) is 11.1 Å². The van der Waals surface area contributed by atoms with E-state index in [4.69, 9.17) is 11.6 Å². The molecule has 104 valence electrons. The van der Waals surface area contributed by atoms with E-state index >= 15 is 0 Å². The number of hydrogen-bond acceptors (Lipinski definition) is 0. The minimum absolute atomic E-state index is 0.513.